The van der Waals surface area contributed by atoms with E-state index >= 15 is 0 Å². The summed E-state index contributed by atoms with van der Waals surface area (Å²) in [6.45, 7) is 3.26. The second kappa shape index (κ2) is 8.90. The van der Waals surface area contributed by atoms with Crippen molar-refractivity contribution in [3.05, 3.63) is 65.2 Å². The standard InChI is InChI=1S/C24H30N2O3S/c1-2-17-30(27,28)26-15-16-29-21-10-9-19-11-14-25-23(22(19)18-21)24(12-6-13-24)20-7-4-3-5-8-20/h3-5,7-10,18,26H,2,6,11-17H2,1H3. The number of benzene rings is 2. The Morgan fingerprint density at radius 3 is 2.63 bits per heavy atom. The summed E-state index contributed by atoms with van der Waals surface area (Å²) in [5.74, 6) is 0.910. The summed E-state index contributed by atoms with van der Waals surface area (Å²) < 4.78 is 32.0. The Morgan fingerprint density at radius 1 is 1.13 bits per heavy atom. The number of nitrogens with zero attached hydrogens (tertiary/aromatic N) is 1. The number of hydrogen-bond donors (Lipinski definition) is 1. The zero-order valence-electron chi connectivity index (χ0n) is 17.6. The molecule has 1 aliphatic heterocycles. The number of rotatable bonds is 9. The average molecular weight is 427 g/mol. The van der Waals surface area contributed by atoms with Crippen molar-refractivity contribution >= 4 is 15.7 Å². The Hall–Kier alpha value is -2.18. The van der Waals surface area contributed by atoms with E-state index in [0.717, 1.165) is 31.6 Å². The van der Waals surface area contributed by atoms with Crippen LogP contribution in [0.3, 0.4) is 0 Å². The van der Waals surface area contributed by atoms with Crippen molar-refractivity contribution in [2.75, 3.05) is 25.4 Å². The molecule has 2 aromatic rings. The van der Waals surface area contributed by atoms with Crippen LogP contribution in [0.25, 0.3) is 0 Å². The number of fused-ring (bicyclic) bond motifs is 1. The smallest absolute Gasteiger partial charge is 0.211 e. The average Bonchev–Trinajstić information content (AvgIpc) is 2.71. The Balaban J connectivity index is 1.51. The van der Waals surface area contributed by atoms with Gasteiger partial charge >= 0.3 is 0 Å². The van der Waals surface area contributed by atoms with Crippen LogP contribution < -0.4 is 9.46 Å². The van der Waals surface area contributed by atoms with E-state index < -0.39 is 10.0 Å². The van der Waals surface area contributed by atoms with Gasteiger partial charge in [0, 0.05) is 24.1 Å². The van der Waals surface area contributed by atoms with Gasteiger partial charge in [-0.05, 0) is 48.9 Å². The molecule has 0 spiro atoms. The highest BCUT2D eigenvalue weighted by molar-refractivity contribution is 7.89. The highest BCUT2D eigenvalue weighted by atomic mass is 32.2. The van der Waals surface area contributed by atoms with Gasteiger partial charge in [-0.2, -0.15) is 0 Å². The van der Waals surface area contributed by atoms with Crippen LogP contribution in [-0.2, 0) is 21.9 Å². The Kier molecular flexibility index (Phi) is 6.25. The minimum atomic E-state index is -3.20. The monoisotopic (exact) mass is 426 g/mol. The van der Waals surface area contributed by atoms with Crippen LogP contribution in [0, 0.1) is 0 Å². The third-order valence-electron chi connectivity index (χ3n) is 6.14. The second-order valence-corrected chi connectivity index (χ2v) is 10.1. The molecule has 0 atom stereocenters. The van der Waals surface area contributed by atoms with E-state index in [1.54, 1.807) is 0 Å². The first-order chi connectivity index (χ1) is 14.5. The summed E-state index contributed by atoms with van der Waals surface area (Å²) in [4.78, 5) is 5.00. The zero-order valence-corrected chi connectivity index (χ0v) is 18.4. The molecule has 0 unspecified atom stereocenters. The van der Waals surface area contributed by atoms with Crippen LogP contribution >= 0.6 is 0 Å². The van der Waals surface area contributed by atoms with Crippen LogP contribution in [0.1, 0.15) is 49.3 Å². The third-order valence-corrected chi connectivity index (χ3v) is 7.73. The van der Waals surface area contributed by atoms with Gasteiger partial charge in [0.05, 0.1) is 11.5 Å². The van der Waals surface area contributed by atoms with Crippen molar-refractivity contribution in [1.82, 2.24) is 4.72 Å². The van der Waals surface area contributed by atoms with Crippen molar-refractivity contribution in [2.24, 2.45) is 4.99 Å². The molecule has 1 heterocycles. The highest BCUT2D eigenvalue weighted by Gasteiger charge is 2.44. The van der Waals surface area contributed by atoms with E-state index in [1.807, 2.05) is 13.0 Å². The number of hydrogen-bond acceptors (Lipinski definition) is 4. The van der Waals surface area contributed by atoms with Crippen molar-refractivity contribution in [1.29, 1.82) is 0 Å². The molecule has 6 heteroatoms. The molecule has 1 fully saturated rings. The first-order valence-corrected chi connectivity index (χ1v) is 12.5. The highest BCUT2D eigenvalue weighted by Crippen LogP contribution is 2.47. The predicted molar refractivity (Wildman–Crippen MR) is 121 cm³/mol. The molecule has 0 aromatic heterocycles. The van der Waals surface area contributed by atoms with Crippen molar-refractivity contribution < 1.29 is 13.2 Å². The van der Waals surface area contributed by atoms with Gasteiger partial charge in [-0.1, -0.05) is 49.7 Å². The summed E-state index contributed by atoms with van der Waals surface area (Å²) in [5.41, 5.74) is 5.05. The molecule has 0 amide bonds. The summed E-state index contributed by atoms with van der Waals surface area (Å²) in [5, 5.41) is 0. The quantitative estimate of drug-likeness (QED) is 0.619. The predicted octanol–water partition coefficient (Wildman–Crippen LogP) is 3.86. The summed E-state index contributed by atoms with van der Waals surface area (Å²) in [6.07, 6.45) is 5.02. The fraction of sp³-hybridized carbons (Fsp3) is 0.458. The SMILES string of the molecule is CCCS(=O)(=O)NCCOc1ccc2c(c1)C(C1(c3ccccc3)CCC1)=NCC2. The molecular weight excluding hydrogens is 396 g/mol. The fourth-order valence-electron chi connectivity index (χ4n) is 4.52. The van der Waals surface area contributed by atoms with Crippen LogP contribution in [-0.4, -0.2) is 39.6 Å². The molecule has 1 aliphatic carbocycles. The van der Waals surface area contributed by atoms with Gasteiger partial charge < -0.3 is 4.74 Å². The number of aliphatic imine (C=N–C) groups is 1. The molecule has 2 aromatic carbocycles. The molecular formula is C24H30N2O3S. The maximum atomic E-state index is 11.8. The van der Waals surface area contributed by atoms with Gasteiger partial charge in [0.25, 0.3) is 0 Å². The lowest BCUT2D eigenvalue weighted by Crippen LogP contribution is -2.44. The minimum Gasteiger partial charge on any atom is -0.492 e. The lowest BCUT2D eigenvalue weighted by Gasteiger charge is -2.45. The van der Waals surface area contributed by atoms with Gasteiger partial charge in [0.15, 0.2) is 0 Å². The lowest BCUT2D eigenvalue weighted by molar-refractivity contribution is 0.322. The van der Waals surface area contributed by atoms with Crippen LogP contribution in [0.4, 0.5) is 0 Å². The van der Waals surface area contributed by atoms with Crippen LogP contribution in [0.2, 0.25) is 0 Å². The molecule has 160 valence electrons. The molecule has 0 saturated heterocycles. The zero-order chi connectivity index (χ0) is 21.0. The van der Waals surface area contributed by atoms with E-state index in [0.29, 0.717) is 13.0 Å². The van der Waals surface area contributed by atoms with Crippen molar-refractivity contribution in [3.63, 3.8) is 0 Å². The molecule has 5 nitrogen and oxygen atoms in total. The third kappa shape index (κ3) is 4.30. The normalized spacial score (nSPS) is 17.6. The number of ether oxygens (including phenoxy) is 1. The summed E-state index contributed by atoms with van der Waals surface area (Å²) >= 11 is 0. The lowest BCUT2D eigenvalue weighted by atomic mass is 9.59. The maximum absolute atomic E-state index is 11.8. The van der Waals surface area contributed by atoms with E-state index in [-0.39, 0.29) is 17.7 Å². The topological polar surface area (TPSA) is 67.8 Å². The first-order valence-electron chi connectivity index (χ1n) is 10.9. The molecule has 30 heavy (non-hydrogen) atoms. The van der Waals surface area contributed by atoms with Gasteiger partial charge in [-0.3, -0.25) is 4.99 Å². The van der Waals surface area contributed by atoms with Crippen LogP contribution in [0.15, 0.2) is 53.5 Å². The van der Waals surface area contributed by atoms with E-state index in [4.69, 9.17) is 9.73 Å². The largest absolute Gasteiger partial charge is 0.492 e. The van der Waals surface area contributed by atoms with Gasteiger partial charge in [0.1, 0.15) is 12.4 Å². The Bertz CT molecular complexity index is 1010. The number of nitrogens with one attached hydrogen (secondary N) is 1. The van der Waals surface area contributed by atoms with E-state index in [1.165, 1.54) is 28.8 Å². The van der Waals surface area contributed by atoms with Gasteiger partial charge in [0.2, 0.25) is 10.0 Å². The number of sulfonamides is 1. The van der Waals surface area contributed by atoms with E-state index in [2.05, 4.69) is 47.2 Å². The van der Waals surface area contributed by atoms with Crippen molar-refractivity contribution in [3.8, 4) is 5.75 Å². The molecule has 0 bridgehead atoms. The Labute approximate surface area is 179 Å². The van der Waals surface area contributed by atoms with Crippen molar-refractivity contribution in [2.45, 2.75) is 44.4 Å². The van der Waals surface area contributed by atoms with Crippen LogP contribution in [0.5, 0.6) is 5.75 Å². The molecule has 0 radical (unpaired) electrons. The summed E-state index contributed by atoms with van der Waals surface area (Å²) in [6, 6.07) is 16.9. The van der Waals surface area contributed by atoms with E-state index in [9.17, 15) is 8.42 Å². The minimum absolute atomic E-state index is 0.00480. The molecule has 1 N–H and O–H groups in total. The first kappa shape index (κ1) is 21.1. The van der Waals surface area contributed by atoms with Gasteiger partial charge in [-0.25, -0.2) is 13.1 Å². The summed E-state index contributed by atoms with van der Waals surface area (Å²) in [7, 11) is -3.20. The molecule has 1 saturated carbocycles. The Morgan fingerprint density at radius 2 is 1.93 bits per heavy atom. The fourth-order valence-corrected chi connectivity index (χ4v) is 5.60. The second-order valence-electron chi connectivity index (χ2n) is 8.16. The van der Waals surface area contributed by atoms with Gasteiger partial charge in [-0.15, -0.1) is 0 Å². The molecule has 2 aliphatic rings. The maximum Gasteiger partial charge on any atom is 0.211 e. The molecule has 4 rings (SSSR count).